The Morgan fingerprint density at radius 1 is 1.60 bits per heavy atom. The maximum absolute atomic E-state index is 12.3. The van der Waals surface area contributed by atoms with Crippen LogP contribution in [0.15, 0.2) is 0 Å². The molecule has 0 aromatic rings. The number of rotatable bonds is 4. The van der Waals surface area contributed by atoms with Crippen LogP contribution in [-0.2, 0) is 9.53 Å². The topological polar surface area (TPSA) is 26.3 Å². The smallest absolute Gasteiger partial charge is 0.308 e. The van der Waals surface area contributed by atoms with Gasteiger partial charge >= 0.3 is 5.97 Å². The second-order valence-electron chi connectivity index (χ2n) is 2.06. The number of esters is 1. The molecule has 1 unspecified atom stereocenters. The molecule has 0 aromatic carbocycles. The van der Waals surface area contributed by atoms with Gasteiger partial charge in [-0.2, -0.15) is 0 Å². The predicted molar refractivity (Wildman–Crippen MR) is 36.2 cm³/mol. The van der Waals surface area contributed by atoms with Crippen molar-refractivity contribution >= 4 is 5.97 Å². The van der Waals surface area contributed by atoms with Crippen molar-refractivity contribution in [2.75, 3.05) is 0 Å². The lowest BCUT2D eigenvalue weighted by Crippen LogP contribution is -2.11. The van der Waals surface area contributed by atoms with E-state index in [0.717, 1.165) is 0 Å². The fourth-order valence-corrected chi connectivity index (χ4v) is 0.489. The van der Waals surface area contributed by atoms with Crippen molar-refractivity contribution in [2.24, 2.45) is 0 Å². The molecule has 0 rings (SSSR count). The minimum absolute atomic E-state index is 0.232. The zero-order valence-corrected chi connectivity index (χ0v) is 6.39. The number of carbonyl (C=O) groups is 1. The van der Waals surface area contributed by atoms with Gasteiger partial charge in [-0.3, -0.25) is 4.79 Å². The average molecular weight is 148 g/mol. The molecular formula is C7H13FO2. The van der Waals surface area contributed by atoms with Crippen LogP contribution >= 0.6 is 0 Å². The molecule has 0 aliphatic heterocycles. The van der Waals surface area contributed by atoms with Gasteiger partial charge in [0.05, 0.1) is 0 Å². The Bertz CT molecular complexity index is 104. The first kappa shape index (κ1) is 9.40. The van der Waals surface area contributed by atoms with Gasteiger partial charge in [0.15, 0.2) is 0 Å². The molecule has 0 saturated carbocycles. The molecule has 0 aliphatic rings. The van der Waals surface area contributed by atoms with Crippen molar-refractivity contribution in [2.45, 2.75) is 39.5 Å². The summed E-state index contributed by atoms with van der Waals surface area (Å²) >= 11 is 0. The summed E-state index contributed by atoms with van der Waals surface area (Å²) in [6.45, 7) is 3.48. The molecular weight excluding hydrogens is 135 g/mol. The van der Waals surface area contributed by atoms with Crippen LogP contribution in [0.4, 0.5) is 4.39 Å². The average Bonchev–Trinajstić information content (AvgIpc) is 1.88. The Balaban J connectivity index is 3.37. The lowest BCUT2D eigenvalue weighted by molar-refractivity contribution is -0.157. The predicted octanol–water partition coefficient (Wildman–Crippen LogP) is 2.04. The highest BCUT2D eigenvalue weighted by molar-refractivity contribution is 5.69. The zero-order chi connectivity index (χ0) is 7.98. The Labute approximate surface area is 60.4 Å². The molecule has 0 aromatic heterocycles. The maximum Gasteiger partial charge on any atom is 0.308 e. The normalized spacial score (nSPS) is 12.7. The van der Waals surface area contributed by atoms with Gasteiger partial charge in [-0.05, 0) is 6.42 Å². The van der Waals surface area contributed by atoms with Gasteiger partial charge in [0.1, 0.15) is 0 Å². The van der Waals surface area contributed by atoms with Crippen LogP contribution < -0.4 is 0 Å². The molecule has 0 amide bonds. The quantitative estimate of drug-likeness (QED) is 0.570. The molecule has 0 fully saturated rings. The Morgan fingerprint density at radius 2 is 2.20 bits per heavy atom. The summed E-state index contributed by atoms with van der Waals surface area (Å²) in [5.74, 6) is -0.447. The van der Waals surface area contributed by atoms with Crippen LogP contribution in [0, 0.1) is 0 Å². The molecule has 0 N–H and O–H groups in total. The van der Waals surface area contributed by atoms with Crippen LogP contribution in [0.3, 0.4) is 0 Å². The van der Waals surface area contributed by atoms with E-state index in [9.17, 15) is 9.18 Å². The minimum Gasteiger partial charge on any atom is -0.431 e. The van der Waals surface area contributed by atoms with Crippen molar-refractivity contribution in [3.63, 3.8) is 0 Å². The lowest BCUT2D eigenvalue weighted by Gasteiger charge is -2.05. The fraction of sp³-hybridized carbons (Fsp3) is 0.857. The van der Waals surface area contributed by atoms with E-state index in [1.807, 2.05) is 6.92 Å². The second-order valence-corrected chi connectivity index (χ2v) is 2.06. The third-order valence-corrected chi connectivity index (χ3v) is 1.03. The number of alkyl halides is 1. The standard InChI is InChI=1S/C7H13FO2/c1-3-5-7(9)10-6(8)4-2/h6H,3-5H2,1-2H3. The molecule has 60 valence electrons. The van der Waals surface area contributed by atoms with E-state index in [1.165, 1.54) is 0 Å². The first-order valence-electron chi connectivity index (χ1n) is 3.54. The van der Waals surface area contributed by atoms with Crippen LogP contribution in [0.2, 0.25) is 0 Å². The van der Waals surface area contributed by atoms with E-state index in [1.54, 1.807) is 6.92 Å². The highest BCUT2D eigenvalue weighted by atomic mass is 19.1. The Kier molecular flexibility index (Phi) is 4.89. The van der Waals surface area contributed by atoms with Crippen molar-refractivity contribution in [3.8, 4) is 0 Å². The number of carbonyl (C=O) groups excluding carboxylic acids is 1. The largest absolute Gasteiger partial charge is 0.431 e. The van der Waals surface area contributed by atoms with Crippen molar-refractivity contribution in [3.05, 3.63) is 0 Å². The molecule has 2 nitrogen and oxygen atoms in total. The van der Waals surface area contributed by atoms with Crippen molar-refractivity contribution in [1.82, 2.24) is 0 Å². The van der Waals surface area contributed by atoms with E-state index in [-0.39, 0.29) is 6.42 Å². The minimum atomic E-state index is -1.42. The monoisotopic (exact) mass is 148 g/mol. The van der Waals surface area contributed by atoms with Crippen LogP contribution in [-0.4, -0.2) is 12.3 Å². The first-order valence-corrected chi connectivity index (χ1v) is 3.54. The number of halogens is 1. The summed E-state index contributed by atoms with van der Waals surface area (Å²) in [6, 6.07) is 0. The maximum atomic E-state index is 12.3. The van der Waals surface area contributed by atoms with Crippen LogP contribution in [0.25, 0.3) is 0 Å². The molecule has 0 aliphatic carbocycles. The molecule has 0 bridgehead atoms. The van der Waals surface area contributed by atoms with Gasteiger partial charge in [0.25, 0.3) is 0 Å². The molecule has 0 saturated heterocycles. The first-order chi connectivity index (χ1) is 4.70. The van der Waals surface area contributed by atoms with E-state index in [2.05, 4.69) is 4.74 Å². The summed E-state index contributed by atoms with van der Waals surface area (Å²) in [4.78, 5) is 10.6. The van der Waals surface area contributed by atoms with Gasteiger partial charge in [-0.15, -0.1) is 0 Å². The van der Waals surface area contributed by atoms with Gasteiger partial charge in [0, 0.05) is 12.8 Å². The number of hydrogen-bond donors (Lipinski definition) is 0. The fourth-order valence-electron chi connectivity index (χ4n) is 0.489. The Hall–Kier alpha value is -0.600. The van der Waals surface area contributed by atoms with Crippen molar-refractivity contribution < 1.29 is 13.9 Å². The van der Waals surface area contributed by atoms with Gasteiger partial charge in [-0.1, -0.05) is 13.8 Å². The highest BCUT2D eigenvalue weighted by Gasteiger charge is 2.08. The van der Waals surface area contributed by atoms with E-state index >= 15 is 0 Å². The summed E-state index contributed by atoms with van der Waals surface area (Å²) in [6.07, 6.45) is -0.176. The third kappa shape index (κ3) is 4.30. The third-order valence-electron chi connectivity index (χ3n) is 1.03. The van der Waals surface area contributed by atoms with Crippen LogP contribution in [0.5, 0.6) is 0 Å². The number of hydrogen-bond acceptors (Lipinski definition) is 2. The zero-order valence-electron chi connectivity index (χ0n) is 6.39. The van der Waals surface area contributed by atoms with E-state index in [0.29, 0.717) is 12.8 Å². The molecule has 3 heteroatoms. The van der Waals surface area contributed by atoms with Gasteiger partial charge in [-0.25, -0.2) is 4.39 Å². The van der Waals surface area contributed by atoms with Gasteiger partial charge < -0.3 is 4.74 Å². The lowest BCUT2D eigenvalue weighted by atomic mass is 10.3. The summed E-state index contributed by atoms with van der Waals surface area (Å²) in [7, 11) is 0. The summed E-state index contributed by atoms with van der Waals surface area (Å²) in [5.41, 5.74) is 0. The van der Waals surface area contributed by atoms with Crippen molar-refractivity contribution in [1.29, 1.82) is 0 Å². The summed E-state index contributed by atoms with van der Waals surface area (Å²) < 4.78 is 16.6. The van der Waals surface area contributed by atoms with E-state index < -0.39 is 12.3 Å². The summed E-state index contributed by atoms with van der Waals surface area (Å²) in [5, 5.41) is 0. The van der Waals surface area contributed by atoms with Crippen LogP contribution in [0.1, 0.15) is 33.1 Å². The molecule has 0 heterocycles. The van der Waals surface area contributed by atoms with Gasteiger partial charge in [0.2, 0.25) is 6.36 Å². The highest BCUT2D eigenvalue weighted by Crippen LogP contribution is 2.01. The molecule has 0 spiro atoms. The molecule has 10 heavy (non-hydrogen) atoms. The molecule has 0 radical (unpaired) electrons. The van der Waals surface area contributed by atoms with E-state index in [4.69, 9.17) is 0 Å². The second kappa shape index (κ2) is 5.21. The SMILES string of the molecule is CCCC(=O)OC(F)CC. The number of ether oxygens (including phenoxy) is 1. The Morgan fingerprint density at radius 3 is 2.60 bits per heavy atom. The molecule has 1 atom stereocenters.